The van der Waals surface area contributed by atoms with Crippen molar-refractivity contribution in [1.29, 1.82) is 0 Å². The molecule has 0 amide bonds. The molecular weight excluding hydrogens is 829 g/mol. The second kappa shape index (κ2) is 16.7. The molecule has 0 N–H and O–H groups in total. The molecule has 0 unspecified atom stereocenters. The van der Waals surface area contributed by atoms with Gasteiger partial charge in [-0.2, -0.15) is 0 Å². The molecule has 14 rings (SSSR count). The number of para-hydroxylation sites is 2. The van der Waals surface area contributed by atoms with E-state index < -0.39 is 0 Å². The summed E-state index contributed by atoms with van der Waals surface area (Å²) in [6.07, 6.45) is 8.64. The minimum Gasteiger partial charge on any atom is -0.310 e. The van der Waals surface area contributed by atoms with E-state index >= 15 is 0 Å². The van der Waals surface area contributed by atoms with Crippen molar-refractivity contribution < 1.29 is 0 Å². The highest BCUT2D eigenvalue weighted by Crippen LogP contribution is 2.61. The van der Waals surface area contributed by atoms with Crippen LogP contribution in [-0.2, 0) is 5.41 Å². The summed E-state index contributed by atoms with van der Waals surface area (Å²) in [7, 11) is 0. The van der Waals surface area contributed by atoms with Crippen LogP contribution >= 0.6 is 11.8 Å². The molecule has 4 aliphatic carbocycles. The molecule has 0 saturated heterocycles. The third-order valence-corrected chi connectivity index (χ3v) is 16.6. The maximum absolute atomic E-state index is 2.48. The summed E-state index contributed by atoms with van der Waals surface area (Å²) in [6, 6.07) is 83.1. The first kappa shape index (κ1) is 40.2. The van der Waals surface area contributed by atoms with Gasteiger partial charge in [-0.1, -0.05) is 163 Å². The normalized spacial score (nSPS) is 20.0. The SMILES string of the molecule is c1ccc(-c2ccc(N(c3ccc(-c4ccc(N5c6ccccc6Sc6ccccc65)cc4)cc3)c3ccc(-c4ccc(C56CC7CC(CC(C7)C5)C6)cc4)cc3)c(-c3ccccc3)c2)cc1. The zero-order chi connectivity index (χ0) is 44.3. The Labute approximate surface area is 399 Å². The predicted octanol–water partition coefficient (Wildman–Crippen LogP) is 18.2. The Morgan fingerprint density at radius 2 is 0.806 bits per heavy atom. The number of nitrogens with zero attached hydrogens (tertiary/aromatic N) is 2. The van der Waals surface area contributed by atoms with Gasteiger partial charge >= 0.3 is 0 Å². The van der Waals surface area contributed by atoms with Gasteiger partial charge in [0.1, 0.15) is 0 Å². The average Bonchev–Trinajstić information content (AvgIpc) is 3.39. The summed E-state index contributed by atoms with van der Waals surface area (Å²) in [6.45, 7) is 0. The second-order valence-electron chi connectivity index (χ2n) is 19.6. The molecule has 0 radical (unpaired) electrons. The summed E-state index contributed by atoms with van der Waals surface area (Å²) in [5.41, 5.74) is 18.6. The van der Waals surface area contributed by atoms with E-state index in [0.717, 1.165) is 40.5 Å². The second-order valence-corrected chi connectivity index (χ2v) is 20.7. The van der Waals surface area contributed by atoms with Crippen LogP contribution in [0, 0.1) is 17.8 Å². The number of hydrogen-bond acceptors (Lipinski definition) is 3. The van der Waals surface area contributed by atoms with Crippen molar-refractivity contribution in [2.45, 2.75) is 53.7 Å². The molecule has 2 nitrogen and oxygen atoms in total. The lowest BCUT2D eigenvalue weighted by molar-refractivity contribution is -0.00518. The van der Waals surface area contributed by atoms with Gasteiger partial charge in [0.05, 0.1) is 17.1 Å². The molecule has 1 aliphatic heterocycles. The van der Waals surface area contributed by atoms with Crippen LogP contribution in [0.25, 0.3) is 44.5 Å². The van der Waals surface area contributed by atoms with E-state index in [2.05, 4.69) is 234 Å². The Morgan fingerprint density at radius 1 is 0.388 bits per heavy atom. The lowest BCUT2D eigenvalue weighted by atomic mass is 9.48. The highest BCUT2D eigenvalue weighted by atomic mass is 32.2. The molecule has 324 valence electrons. The molecule has 5 aliphatic rings. The van der Waals surface area contributed by atoms with Gasteiger partial charge in [0.15, 0.2) is 0 Å². The smallest absolute Gasteiger partial charge is 0.0601 e. The molecule has 0 atom stereocenters. The van der Waals surface area contributed by atoms with Gasteiger partial charge in [-0.25, -0.2) is 0 Å². The van der Waals surface area contributed by atoms with Crippen molar-refractivity contribution in [2.24, 2.45) is 17.8 Å². The highest BCUT2D eigenvalue weighted by molar-refractivity contribution is 7.99. The Kier molecular flexibility index (Phi) is 10.0. The zero-order valence-corrected chi connectivity index (χ0v) is 38.5. The van der Waals surface area contributed by atoms with Crippen LogP contribution in [-0.4, -0.2) is 0 Å². The standard InChI is InChI=1S/C64H52N2S/c1-3-11-47(12-4-1)53-27-36-59(58(40-53)52-13-5-2-6-14-52)65(55-30-21-49(22-31-55)48-19-28-54(29-20-48)64-41-44-37-45(42-64)39-46(38-44)43-64)56-32-23-50(24-33-56)51-25-34-57(35-26-51)66-60-15-7-9-17-62(60)67-63-18-10-8-16-61(63)66/h1-36,40,44-46H,37-39,41-43H2. The fraction of sp³-hybridized carbons (Fsp3) is 0.156. The van der Waals surface area contributed by atoms with Gasteiger partial charge in [0.2, 0.25) is 0 Å². The fourth-order valence-corrected chi connectivity index (χ4v) is 13.7. The highest BCUT2D eigenvalue weighted by Gasteiger charge is 2.51. The number of hydrogen-bond donors (Lipinski definition) is 0. The minimum absolute atomic E-state index is 0.412. The fourth-order valence-electron chi connectivity index (χ4n) is 12.7. The van der Waals surface area contributed by atoms with Gasteiger partial charge in [-0.05, 0) is 179 Å². The lowest BCUT2D eigenvalue weighted by Gasteiger charge is -2.57. The molecule has 4 saturated carbocycles. The predicted molar refractivity (Wildman–Crippen MR) is 282 cm³/mol. The first-order valence-corrected chi connectivity index (χ1v) is 25.1. The Bertz CT molecular complexity index is 3130. The number of rotatable bonds is 9. The molecule has 67 heavy (non-hydrogen) atoms. The molecule has 9 aromatic rings. The quantitative estimate of drug-likeness (QED) is 0.143. The van der Waals surface area contributed by atoms with Crippen molar-refractivity contribution in [3.05, 3.63) is 230 Å². The van der Waals surface area contributed by atoms with E-state index in [1.54, 1.807) is 5.56 Å². The van der Waals surface area contributed by atoms with Crippen LogP contribution in [0.5, 0.6) is 0 Å². The van der Waals surface area contributed by atoms with E-state index in [1.165, 1.54) is 104 Å². The molecule has 1 heterocycles. The maximum atomic E-state index is 2.48. The van der Waals surface area contributed by atoms with Crippen LogP contribution in [0.3, 0.4) is 0 Å². The third kappa shape index (κ3) is 7.37. The molecule has 9 aromatic carbocycles. The van der Waals surface area contributed by atoms with Crippen molar-refractivity contribution >= 4 is 45.9 Å². The average molecular weight is 881 g/mol. The Balaban J connectivity index is 0.854. The van der Waals surface area contributed by atoms with Crippen LogP contribution in [0.1, 0.15) is 44.1 Å². The first-order chi connectivity index (χ1) is 33.1. The minimum atomic E-state index is 0.412. The Morgan fingerprint density at radius 3 is 1.33 bits per heavy atom. The van der Waals surface area contributed by atoms with Crippen LogP contribution in [0.2, 0.25) is 0 Å². The first-order valence-electron chi connectivity index (χ1n) is 24.2. The summed E-state index contributed by atoms with van der Waals surface area (Å²) in [4.78, 5) is 7.37. The van der Waals surface area contributed by atoms with Gasteiger partial charge < -0.3 is 9.80 Å². The largest absolute Gasteiger partial charge is 0.310 e. The number of benzene rings is 9. The van der Waals surface area contributed by atoms with E-state index in [1.807, 2.05) is 11.8 Å². The molecular formula is C64H52N2S. The van der Waals surface area contributed by atoms with Crippen molar-refractivity contribution in [1.82, 2.24) is 0 Å². The van der Waals surface area contributed by atoms with Crippen LogP contribution in [0.15, 0.2) is 234 Å². The van der Waals surface area contributed by atoms with E-state index in [4.69, 9.17) is 0 Å². The summed E-state index contributed by atoms with van der Waals surface area (Å²) < 4.78 is 0. The molecule has 0 aromatic heterocycles. The third-order valence-electron chi connectivity index (χ3n) is 15.4. The monoisotopic (exact) mass is 880 g/mol. The van der Waals surface area contributed by atoms with E-state index in [0.29, 0.717) is 5.41 Å². The number of fused-ring (bicyclic) bond motifs is 2. The topological polar surface area (TPSA) is 6.48 Å². The van der Waals surface area contributed by atoms with Gasteiger partial charge in [0, 0.05) is 32.4 Å². The molecule has 4 bridgehead atoms. The van der Waals surface area contributed by atoms with Crippen molar-refractivity contribution in [3.8, 4) is 44.5 Å². The van der Waals surface area contributed by atoms with Crippen molar-refractivity contribution in [2.75, 3.05) is 9.80 Å². The Hall–Kier alpha value is -7.07. The maximum Gasteiger partial charge on any atom is 0.0601 e. The zero-order valence-electron chi connectivity index (χ0n) is 37.6. The van der Waals surface area contributed by atoms with E-state index in [-0.39, 0.29) is 0 Å². The lowest BCUT2D eigenvalue weighted by Crippen LogP contribution is -2.48. The summed E-state index contributed by atoms with van der Waals surface area (Å²) >= 11 is 1.84. The molecule has 0 spiro atoms. The van der Waals surface area contributed by atoms with E-state index in [9.17, 15) is 0 Å². The van der Waals surface area contributed by atoms with Gasteiger partial charge in [-0.15, -0.1) is 0 Å². The van der Waals surface area contributed by atoms with Crippen molar-refractivity contribution in [3.63, 3.8) is 0 Å². The summed E-state index contributed by atoms with van der Waals surface area (Å²) in [5.74, 6) is 2.84. The molecule has 4 fully saturated rings. The number of anilines is 6. The van der Waals surface area contributed by atoms with Gasteiger partial charge in [0.25, 0.3) is 0 Å². The van der Waals surface area contributed by atoms with Crippen LogP contribution in [0.4, 0.5) is 34.1 Å². The molecule has 3 heteroatoms. The van der Waals surface area contributed by atoms with Crippen LogP contribution < -0.4 is 9.80 Å². The summed E-state index contributed by atoms with van der Waals surface area (Å²) in [5, 5.41) is 0. The van der Waals surface area contributed by atoms with Gasteiger partial charge in [-0.3, -0.25) is 0 Å².